The van der Waals surface area contributed by atoms with Gasteiger partial charge in [0.15, 0.2) is 0 Å². The normalized spacial score (nSPS) is 12.5. The van der Waals surface area contributed by atoms with Gasteiger partial charge in [-0.05, 0) is 30.4 Å². The number of hydrogen-bond acceptors (Lipinski definition) is 1. The molecule has 0 fully saturated rings. The van der Waals surface area contributed by atoms with E-state index in [9.17, 15) is 0 Å². The Balaban J connectivity index is 2.70. The minimum Gasteiger partial charge on any atom is -0.198 e. The van der Waals surface area contributed by atoms with Crippen LogP contribution in [0, 0.1) is 17.2 Å². The van der Waals surface area contributed by atoms with Crippen molar-refractivity contribution in [2.24, 2.45) is 5.92 Å². The van der Waals surface area contributed by atoms with E-state index in [4.69, 9.17) is 5.26 Å². The fourth-order valence-corrected chi connectivity index (χ4v) is 1.44. The summed E-state index contributed by atoms with van der Waals surface area (Å²) < 4.78 is 0. The van der Waals surface area contributed by atoms with Gasteiger partial charge in [0.2, 0.25) is 0 Å². The van der Waals surface area contributed by atoms with E-state index in [1.807, 2.05) is 6.92 Å². The van der Waals surface area contributed by atoms with E-state index >= 15 is 0 Å². The molecule has 74 valence electrons. The van der Waals surface area contributed by atoms with Crippen LogP contribution in [0.4, 0.5) is 0 Å². The molecule has 0 bridgehead atoms. The summed E-state index contributed by atoms with van der Waals surface area (Å²) in [4.78, 5) is 0. The molecule has 0 aliphatic heterocycles. The largest absolute Gasteiger partial charge is 0.198 e. The van der Waals surface area contributed by atoms with Crippen LogP contribution in [-0.2, 0) is 6.42 Å². The number of rotatable bonds is 3. The van der Waals surface area contributed by atoms with Crippen molar-refractivity contribution in [2.75, 3.05) is 0 Å². The third kappa shape index (κ3) is 2.88. The molecule has 0 radical (unpaired) electrons. The number of benzene rings is 1. The molecule has 0 saturated heterocycles. The maximum absolute atomic E-state index is 8.69. The molecule has 0 aliphatic carbocycles. The van der Waals surface area contributed by atoms with Gasteiger partial charge in [-0.2, -0.15) is 5.26 Å². The Morgan fingerprint density at radius 1 is 1.14 bits per heavy atom. The third-order valence-corrected chi connectivity index (χ3v) is 2.41. The first-order valence-electron chi connectivity index (χ1n) is 5.12. The summed E-state index contributed by atoms with van der Waals surface area (Å²) in [6, 6.07) is 10.8. The lowest BCUT2D eigenvalue weighted by Gasteiger charge is -2.07. The summed E-state index contributed by atoms with van der Waals surface area (Å²) in [5.41, 5.74) is 2.61. The van der Waals surface area contributed by atoms with Gasteiger partial charge in [-0.1, -0.05) is 38.1 Å². The van der Waals surface area contributed by atoms with Gasteiger partial charge < -0.3 is 0 Å². The standard InChI is InChI=1S/C13H17N/c1-10(2)13-6-4-12(5-7-13)8-11(3)9-14/h4-7,10-11H,8H2,1-3H3. The molecule has 14 heavy (non-hydrogen) atoms. The van der Waals surface area contributed by atoms with Gasteiger partial charge in [0.1, 0.15) is 0 Å². The van der Waals surface area contributed by atoms with E-state index in [1.54, 1.807) is 0 Å². The van der Waals surface area contributed by atoms with Crippen molar-refractivity contribution >= 4 is 0 Å². The van der Waals surface area contributed by atoms with Crippen LogP contribution in [0.3, 0.4) is 0 Å². The summed E-state index contributed by atoms with van der Waals surface area (Å²) >= 11 is 0. The van der Waals surface area contributed by atoms with Crippen molar-refractivity contribution in [3.63, 3.8) is 0 Å². The van der Waals surface area contributed by atoms with Crippen LogP contribution in [0.25, 0.3) is 0 Å². The topological polar surface area (TPSA) is 23.8 Å². The van der Waals surface area contributed by atoms with E-state index in [0.717, 1.165) is 6.42 Å². The third-order valence-electron chi connectivity index (χ3n) is 2.41. The van der Waals surface area contributed by atoms with E-state index in [0.29, 0.717) is 5.92 Å². The first-order valence-corrected chi connectivity index (χ1v) is 5.12. The Hall–Kier alpha value is -1.29. The Labute approximate surface area is 86.4 Å². The monoisotopic (exact) mass is 187 g/mol. The van der Waals surface area contributed by atoms with Crippen LogP contribution < -0.4 is 0 Å². The molecule has 1 aromatic rings. The molecule has 0 aromatic heterocycles. The van der Waals surface area contributed by atoms with Gasteiger partial charge in [0.05, 0.1) is 6.07 Å². The number of nitrogens with zero attached hydrogens (tertiary/aromatic N) is 1. The van der Waals surface area contributed by atoms with Crippen molar-refractivity contribution in [3.05, 3.63) is 35.4 Å². The van der Waals surface area contributed by atoms with E-state index in [1.165, 1.54) is 11.1 Å². The Kier molecular flexibility index (Phi) is 3.71. The molecule has 0 aliphatic rings. The number of nitriles is 1. The van der Waals surface area contributed by atoms with Gasteiger partial charge in [-0.15, -0.1) is 0 Å². The Morgan fingerprint density at radius 2 is 1.71 bits per heavy atom. The zero-order valence-corrected chi connectivity index (χ0v) is 9.12. The Morgan fingerprint density at radius 3 is 2.14 bits per heavy atom. The highest BCUT2D eigenvalue weighted by Gasteiger charge is 2.02. The van der Waals surface area contributed by atoms with Gasteiger partial charge in [-0.25, -0.2) is 0 Å². The van der Waals surface area contributed by atoms with Crippen molar-refractivity contribution < 1.29 is 0 Å². The molecule has 0 spiro atoms. The molecule has 0 N–H and O–H groups in total. The second-order valence-corrected chi connectivity index (χ2v) is 4.13. The molecular weight excluding hydrogens is 170 g/mol. The van der Waals surface area contributed by atoms with Crippen molar-refractivity contribution in [2.45, 2.75) is 33.1 Å². The van der Waals surface area contributed by atoms with Gasteiger partial charge >= 0.3 is 0 Å². The lowest BCUT2D eigenvalue weighted by molar-refractivity contribution is 0.738. The highest BCUT2D eigenvalue weighted by atomic mass is 14.3. The predicted molar refractivity (Wildman–Crippen MR) is 59.0 cm³/mol. The number of hydrogen-bond donors (Lipinski definition) is 0. The average Bonchev–Trinajstić information content (AvgIpc) is 2.18. The van der Waals surface area contributed by atoms with Crippen LogP contribution in [0.2, 0.25) is 0 Å². The smallest absolute Gasteiger partial charge is 0.0656 e. The minimum atomic E-state index is 0.111. The quantitative estimate of drug-likeness (QED) is 0.710. The lowest BCUT2D eigenvalue weighted by Crippen LogP contribution is -1.96. The van der Waals surface area contributed by atoms with E-state index < -0.39 is 0 Å². The lowest BCUT2D eigenvalue weighted by atomic mass is 9.98. The maximum Gasteiger partial charge on any atom is 0.0656 e. The molecule has 1 rings (SSSR count). The molecule has 1 heteroatoms. The SMILES string of the molecule is CC(C#N)Cc1ccc(C(C)C)cc1. The van der Waals surface area contributed by atoms with Crippen molar-refractivity contribution in [1.29, 1.82) is 5.26 Å². The maximum atomic E-state index is 8.69. The fourth-order valence-electron chi connectivity index (χ4n) is 1.44. The molecule has 1 unspecified atom stereocenters. The van der Waals surface area contributed by atoms with Crippen LogP contribution in [0.1, 0.15) is 37.8 Å². The first-order chi connectivity index (χ1) is 6.63. The van der Waals surface area contributed by atoms with Crippen LogP contribution in [0.5, 0.6) is 0 Å². The molecule has 1 atom stereocenters. The average molecular weight is 187 g/mol. The molecular formula is C13H17N. The summed E-state index contributed by atoms with van der Waals surface area (Å²) in [7, 11) is 0. The van der Waals surface area contributed by atoms with Crippen molar-refractivity contribution in [3.8, 4) is 6.07 Å². The zero-order valence-electron chi connectivity index (χ0n) is 9.12. The van der Waals surface area contributed by atoms with Crippen molar-refractivity contribution in [1.82, 2.24) is 0 Å². The summed E-state index contributed by atoms with van der Waals surface area (Å²) in [5, 5.41) is 8.69. The molecule has 0 saturated carbocycles. The summed E-state index contributed by atoms with van der Waals surface area (Å²) in [5.74, 6) is 0.692. The molecule has 1 nitrogen and oxygen atoms in total. The molecule has 1 aromatic carbocycles. The van der Waals surface area contributed by atoms with Gasteiger partial charge in [-0.3, -0.25) is 0 Å². The van der Waals surface area contributed by atoms with E-state index in [2.05, 4.69) is 44.2 Å². The highest BCUT2D eigenvalue weighted by Crippen LogP contribution is 2.16. The Bertz CT molecular complexity index is 316. The minimum absolute atomic E-state index is 0.111. The molecule has 0 amide bonds. The highest BCUT2D eigenvalue weighted by molar-refractivity contribution is 5.25. The predicted octanol–water partition coefficient (Wildman–Crippen LogP) is 3.51. The summed E-state index contributed by atoms with van der Waals surface area (Å²) in [6.07, 6.45) is 0.856. The van der Waals surface area contributed by atoms with Crippen LogP contribution in [-0.4, -0.2) is 0 Å². The summed E-state index contributed by atoms with van der Waals surface area (Å²) in [6.45, 7) is 6.33. The van der Waals surface area contributed by atoms with Crippen LogP contribution >= 0.6 is 0 Å². The van der Waals surface area contributed by atoms with E-state index in [-0.39, 0.29) is 5.92 Å². The first kappa shape index (κ1) is 10.8. The van der Waals surface area contributed by atoms with Gasteiger partial charge in [0, 0.05) is 5.92 Å². The van der Waals surface area contributed by atoms with Gasteiger partial charge in [0.25, 0.3) is 0 Å². The second kappa shape index (κ2) is 4.81. The second-order valence-electron chi connectivity index (χ2n) is 4.13. The molecule has 0 heterocycles. The van der Waals surface area contributed by atoms with Crippen LogP contribution in [0.15, 0.2) is 24.3 Å². The zero-order chi connectivity index (χ0) is 10.6. The fraction of sp³-hybridized carbons (Fsp3) is 0.462.